The van der Waals surface area contributed by atoms with Crippen LogP contribution in [0.2, 0.25) is 0 Å². The van der Waals surface area contributed by atoms with Gasteiger partial charge >= 0.3 is 0 Å². The van der Waals surface area contributed by atoms with E-state index < -0.39 is 0 Å². The summed E-state index contributed by atoms with van der Waals surface area (Å²) in [7, 11) is 0. The van der Waals surface area contributed by atoms with Crippen molar-refractivity contribution in [3.05, 3.63) is 28.8 Å². The molecule has 3 nitrogen and oxygen atoms in total. The van der Waals surface area contributed by atoms with Gasteiger partial charge in [0.25, 0.3) is 0 Å². The van der Waals surface area contributed by atoms with Gasteiger partial charge in [0.1, 0.15) is 0 Å². The van der Waals surface area contributed by atoms with Crippen LogP contribution in [0.25, 0.3) is 6.08 Å². The molecule has 0 aliphatic rings. The van der Waals surface area contributed by atoms with Crippen molar-refractivity contribution in [3.8, 4) is 0 Å². The van der Waals surface area contributed by atoms with Crippen LogP contribution in [0, 0.1) is 0 Å². The van der Waals surface area contributed by atoms with Gasteiger partial charge in [0.05, 0.1) is 4.47 Å². The second kappa shape index (κ2) is 4.33. The Morgan fingerprint density at radius 3 is 2.58 bits per heavy atom. The summed E-state index contributed by atoms with van der Waals surface area (Å²) < 4.78 is 0.875. The fourth-order valence-electron chi connectivity index (χ4n) is 0.646. The molecule has 64 valence electrons. The summed E-state index contributed by atoms with van der Waals surface area (Å²) in [5, 5.41) is 0. The van der Waals surface area contributed by atoms with E-state index in [1.807, 2.05) is 13.0 Å². The van der Waals surface area contributed by atoms with E-state index in [9.17, 15) is 0 Å². The highest BCUT2D eigenvalue weighted by Crippen LogP contribution is 2.04. The number of hydrogen-bond donors (Lipinski definition) is 1. The number of aromatic nitrogens is 2. The molecule has 0 fully saturated rings. The lowest BCUT2D eigenvalue weighted by atomic mass is 10.3. The van der Waals surface area contributed by atoms with Gasteiger partial charge < -0.3 is 5.73 Å². The van der Waals surface area contributed by atoms with Gasteiger partial charge in [-0.3, -0.25) is 0 Å². The molecule has 0 amide bonds. The van der Waals surface area contributed by atoms with E-state index in [-0.39, 0.29) is 6.04 Å². The van der Waals surface area contributed by atoms with Crippen molar-refractivity contribution in [2.24, 2.45) is 5.73 Å². The molecule has 12 heavy (non-hydrogen) atoms. The molecular weight excluding hydrogens is 218 g/mol. The predicted molar refractivity (Wildman–Crippen MR) is 52.4 cm³/mol. The molecule has 0 aromatic carbocycles. The fraction of sp³-hybridized carbons (Fsp3) is 0.250. The average Bonchev–Trinajstić information content (AvgIpc) is 2.03. The summed E-state index contributed by atoms with van der Waals surface area (Å²) in [5.41, 5.74) is 5.52. The first-order chi connectivity index (χ1) is 5.68. The molecule has 1 rings (SSSR count). The van der Waals surface area contributed by atoms with E-state index in [1.54, 1.807) is 18.5 Å². The van der Waals surface area contributed by atoms with E-state index in [2.05, 4.69) is 25.9 Å². The molecular formula is C8H10BrN3. The van der Waals surface area contributed by atoms with Crippen LogP contribution in [-0.2, 0) is 0 Å². The third kappa shape index (κ3) is 3.11. The molecule has 1 aromatic rings. The zero-order valence-electron chi connectivity index (χ0n) is 6.74. The molecule has 1 unspecified atom stereocenters. The molecule has 4 heteroatoms. The largest absolute Gasteiger partial charge is 0.325 e. The Balaban J connectivity index is 2.71. The summed E-state index contributed by atoms with van der Waals surface area (Å²) in [6, 6.07) is 0.0391. The highest BCUT2D eigenvalue weighted by molar-refractivity contribution is 9.10. The maximum atomic E-state index is 5.52. The Morgan fingerprint density at radius 1 is 1.50 bits per heavy atom. The standard InChI is InChI=1S/C8H10BrN3/c1-6(10)2-3-8-11-4-7(9)5-12-8/h2-6H,10H2,1H3/b3-2+. The van der Waals surface area contributed by atoms with Gasteiger partial charge in [0, 0.05) is 18.4 Å². The van der Waals surface area contributed by atoms with Crippen LogP contribution in [0.1, 0.15) is 12.7 Å². The Kier molecular flexibility index (Phi) is 3.37. The third-order valence-corrected chi connectivity index (χ3v) is 1.60. The number of rotatable bonds is 2. The van der Waals surface area contributed by atoms with Crippen molar-refractivity contribution < 1.29 is 0 Å². The van der Waals surface area contributed by atoms with Crippen LogP contribution in [-0.4, -0.2) is 16.0 Å². The van der Waals surface area contributed by atoms with Crippen LogP contribution >= 0.6 is 15.9 Å². The lowest BCUT2D eigenvalue weighted by molar-refractivity contribution is 0.928. The fourth-order valence-corrected chi connectivity index (χ4v) is 0.851. The number of nitrogens with zero attached hydrogens (tertiary/aromatic N) is 2. The van der Waals surface area contributed by atoms with E-state index in [4.69, 9.17) is 5.73 Å². The molecule has 0 aliphatic heterocycles. The SMILES string of the molecule is CC(N)/C=C/c1ncc(Br)cn1. The van der Waals surface area contributed by atoms with Crippen molar-refractivity contribution in [1.82, 2.24) is 9.97 Å². The first kappa shape index (κ1) is 9.35. The third-order valence-electron chi connectivity index (χ3n) is 1.19. The quantitative estimate of drug-likeness (QED) is 0.836. The lowest BCUT2D eigenvalue weighted by Crippen LogP contribution is -2.10. The van der Waals surface area contributed by atoms with Crippen molar-refractivity contribution in [3.63, 3.8) is 0 Å². The maximum Gasteiger partial charge on any atom is 0.151 e. The van der Waals surface area contributed by atoms with Crippen molar-refractivity contribution in [2.45, 2.75) is 13.0 Å². The molecule has 0 saturated heterocycles. The minimum atomic E-state index is 0.0391. The zero-order chi connectivity index (χ0) is 8.97. The highest BCUT2D eigenvalue weighted by atomic mass is 79.9. The second-order valence-corrected chi connectivity index (χ2v) is 3.39. The Hall–Kier alpha value is -0.740. The molecule has 0 radical (unpaired) electrons. The second-order valence-electron chi connectivity index (χ2n) is 2.48. The van der Waals surface area contributed by atoms with Gasteiger partial charge in [-0.15, -0.1) is 0 Å². The minimum Gasteiger partial charge on any atom is -0.325 e. The first-order valence-electron chi connectivity index (χ1n) is 3.60. The topological polar surface area (TPSA) is 51.8 Å². The normalized spacial score (nSPS) is 13.6. The highest BCUT2D eigenvalue weighted by Gasteiger charge is 1.90. The van der Waals surface area contributed by atoms with Crippen LogP contribution < -0.4 is 5.73 Å². The molecule has 1 aromatic heterocycles. The lowest BCUT2D eigenvalue weighted by Gasteiger charge is -1.94. The van der Waals surface area contributed by atoms with Crippen LogP contribution in [0.5, 0.6) is 0 Å². The van der Waals surface area contributed by atoms with E-state index in [0.717, 1.165) is 4.47 Å². The van der Waals surface area contributed by atoms with Crippen molar-refractivity contribution >= 4 is 22.0 Å². The van der Waals surface area contributed by atoms with Crippen LogP contribution in [0.15, 0.2) is 22.9 Å². The molecule has 0 saturated carbocycles. The summed E-state index contributed by atoms with van der Waals surface area (Å²) in [6.45, 7) is 1.90. The van der Waals surface area contributed by atoms with Gasteiger partial charge in [0.15, 0.2) is 5.82 Å². The molecule has 0 bridgehead atoms. The minimum absolute atomic E-state index is 0.0391. The van der Waals surface area contributed by atoms with Crippen LogP contribution in [0.4, 0.5) is 0 Å². The average molecular weight is 228 g/mol. The van der Waals surface area contributed by atoms with Gasteiger partial charge in [-0.25, -0.2) is 9.97 Å². The zero-order valence-corrected chi connectivity index (χ0v) is 8.32. The molecule has 2 N–H and O–H groups in total. The van der Waals surface area contributed by atoms with Gasteiger partial charge in [-0.1, -0.05) is 6.08 Å². The van der Waals surface area contributed by atoms with E-state index >= 15 is 0 Å². The van der Waals surface area contributed by atoms with Crippen molar-refractivity contribution in [1.29, 1.82) is 0 Å². The molecule has 0 spiro atoms. The smallest absolute Gasteiger partial charge is 0.151 e. The number of halogens is 1. The Morgan fingerprint density at radius 2 is 2.08 bits per heavy atom. The maximum absolute atomic E-state index is 5.52. The summed E-state index contributed by atoms with van der Waals surface area (Å²) in [4.78, 5) is 8.10. The van der Waals surface area contributed by atoms with E-state index in [1.165, 1.54) is 0 Å². The molecule has 1 heterocycles. The van der Waals surface area contributed by atoms with Gasteiger partial charge in [0.2, 0.25) is 0 Å². The summed E-state index contributed by atoms with van der Waals surface area (Å²) in [6.07, 6.45) is 7.06. The molecule has 1 atom stereocenters. The predicted octanol–water partition coefficient (Wildman–Crippen LogP) is 1.60. The van der Waals surface area contributed by atoms with Gasteiger partial charge in [-0.2, -0.15) is 0 Å². The Labute approximate surface area is 79.8 Å². The summed E-state index contributed by atoms with van der Waals surface area (Å²) in [5.74, 6) is 0.676. The van der Waals surface area contributed by atoms with E-state index in [0.29, 0.717) is 5.82 Å². The van der Waals surface area contributed by atoms with Crippen LogP contribution in [0.3, 0.4) is 0 Å². The first-order valence-corrected chi connectivity index (χ1v) is 4.39. The number of nitrogens with two attached hydrogens (primary N) is 1. The number of hydrogen-bond acceptors (Lipinski definition) is 3. The summed E-state index contributed by atoms with van der Waals surface area (Å²) >= 11 is 3.25. The monoisotopic (exact) mass is 227 g/mol. The molecule has 0 aliphatic carbocycles. The van der Waals surface area contributed by atoms with Crippen molar-refractivity contribution in [2.75, 3.05) is 0 Å². The van der Waals surface area contributed by atoms with Gasteiger partial charge in [-0.05, 0) is 28.9 Å². The Bertz CT molecular complexity index is 266.